The van der Waals surface area contributed by atoms with Gasteiger partial charge in [-0.05, 0) is 42.5 Å². The van der Waals surface area contributed by atoms with Gasteiger partial charge in [0.05, 0.1) is 30.1 Å². The standard InChI is InChI=1S/C18H16ClFN4O2/c19-24-9-16(17(22-24)15-4-3-14(20)5-12(15)10-25)18(26)13-6-21-23(8-13)7-11-1-2-11/h3-6,8-9,11,25H,1-2,7,10H2. The molecule has 1 saturated carbocycles. The Labute approximate surface area is 153 Å². The fourth-order valence-electron chi connectivity index (χ4n) is 2.94. The molecule has 1 N–H and O–H groups in total. The highest BCUT2D eigenvalue weighted by Gasteiger charge is 2.25. The van der Waals surface area contributed by atoms with Gasteiger partial charge in [-0.2, -0.15) is 14.4 Å². The maximum absolute atomic E-state index is 13.5. The van der Waals surface area contributed by atoms with E-state index in [9.17, 15) is 14.3 Å². The average molecular weight is 375 g/mol. The first kappa shape index (κ1) is 16.9. The minimum atomic E-state index is -0.475. The van der Waals surface area contributed by atoms with Crippen LogP contribution in [0.5, 0.6) is 0 Å². The number of aliphatic hydroxyl groups is 1. The number of ketones is 1. The Morgan fingerprint density at radius 1 is 1.35 bits per heavy atom. The lowest BCUT2D eigenvalue weighted by molar-refractivity contribution is 0.103. The SMILES string of the molecule is O=C(c1cnn(CC2CC2)c1)c1cn(Cl)nc1-c1ccc(F)cc1CO. The first-order valence-corrected chi connectivity index (χ1v) is 8.61. The van der Waals surface area contributed by atoms with Crippen molar-refractivity contribution in [1.82, 2.24) is 19.1 Å². The van der Waals surface area contributed by atoms with Gasteiger partial charge in [0.2, 0.25) is 0 Å². The van der Waals surface area contributed by atoms with Gasteiger partial charge in [0.1, 0.15) is 11.5 Å². The quantitative estimate of drug-likeness (QED) is 0.673. The molecule has 2 aromatic heterocycles. The molecule has 1 aliphatic carbocycles. The molecule has 3 aromatic rings. The summed E-state index contributed by atoms with van der Waals surface area (Å²) in [6, 6.07) is 3.95. The number of benzene rings is 1. The van der Waals surface area contributed by atoms with E-state index < -0.39 is 5.82 Å². The lowest BCUT2D eigenvalue weighted by Crippen LogP contribution is -2.03. The fourth-order valence-corrected chi connectivity index (χ4v) is 3.11. The van der Waals surface area contributed by atoms with E-state index in [2.05, 4.69) is 10.2 Å². The summed E-state index contributed by atoms with van der Waals surface area (Å²) in [4.78, 5) is 12.9. The van der Waals surface area contributed by atoms with Crippen LogP contribution < -0.4 is 0 Å². The summed E-state index contributed by atoms with van der Waals surface area (Å²) in [7, 11) is 0. The van der Waals surface area contributed by atoms with E-state index >= 15 is 0 Å². The van der Waals surface area contributed by atoms with E-state index in [-0.39, 0.29) is 18.0 Å². The molecule has 0 spiro atoms. The van der Waals surface area contributed by atoms with Crippen molar-refractivity contribution in [3.8, 4) is 11.3 Å². The van der Waals surface area contributed by atoms with Crippen LogP contribution in [0, 0.1) is 11.7 Å². The smallest absolute Gasteiger partial charge is 0.200 e. The summed E-state index contributed by atoms with van der Waals surface area (Å²) in [6.07, 6.45) is 7.04. The zero-order valence-electron chi connectivity index (χ0n) is 13.8. The Morgan fingerprint density at radius 3 is 2.88 bits per heavy atom. The predicted molar refractivity (Wildman–Crippen MR) is 93.2 cm³/mol. The van der Waals surface area contributed by atoms with Crippen molar-refractivity contribution in [3.63, 3.8) is 0 Å². The maximum Gasteiger partial charge on any atom is 0.200 e. The van der Waals surface area contributed by atoms with Gasteiger partial charge in [0.15, 0.2) is 5.78 Å². The van der Waals surface area contributed by atoms with Crippen molar-refractivity contribution < 1.29 is 14.3 Å². The van der Waals surface area contributed by atoms with Crippen LogP contribution >= 0.6 is 11.8 Å². The Bertz CT molecular complexity index is 977. The minimum absolute atomic E-state index is 0.271. The van der Waals surface area contributed by atoms with Gasteiger partial charge in [-0.1, -0.05) is 0 Å². The largest absolute Gasteiger partial charge is 0.392 e. The summed E-state index contributed by atoms with van der Waals surface area (Å²) in [6.45, 7) is 0.427. The van der Waals surface area contributed by atoms with Gasteiger partial charge < -0.3 is 5.11 Å². The van der Waals surface area contributed by atoms with Crippen molar-refractivity contribution in [2.75, 3.05) is 0 Å². The fraction of sp³-hybridized carbons (Fsp3) is 0.278. The Kier molecular flexibility index (Phi) is 4.34. The van der Waals surface area contributed by atoms with Crippen molar-refractivity contribution in [2.24, 2.45) is 5.92 Å². The molecule has 2 heterocycles. The third-order valence-corrected chi connectivity index (χ3v) is 4.63. The van der Waals surface area contributed by atoms with Gasteiger partial charge in [-0.25, -0.2) is 4.39 Å². The van der Waals surface area contributed by atoms with Crippen LogP contribution in [-0.4, -0.2) is 30.0 Å². The van der Waals surface area contributed by atoms with Crippen LogP contribution in [0.25, 0.3) is 11.3 Å². The van der Waals surface area contributed by atoms with Crippen molar-refractivity contribution in [3.05, 3.63) is 59.3 Å². The van der Waals surface area contributed by atoms with Crippen LogP contribution in [0.1, 0.15) is 34.3 Å². The molecule has 1 aromatic carbocycles. The summed E-state index contributed by atoms with van der Waals surface area (Å²) in [5, 5.41) is 17.9. The van der Waals surface area contributed by atoms with Gasteiger partial charge in [0.25, 0.3) is 0 Å². The molecule has 0 amide bonds. The molecule has 134 valence electrons. The maximum atomic E-state index is 13.5. The highest BCUT2D eigenvalue weighted by atomic mass is 35.5. The van der Waals surface area contributed by atoms with E-state index in [1.54, 1.807) is 10.9 Å². The molecular formula is C18H16ClFN4O2. The molecule has 26 heavy (non-hydrogen) atoms. The molecule has 1 aliphatic rings. The number of carbonyl (C=O) groups is 1. The minimum Gasteiger partial charge on any atom is -0.392 e. The van der Waals surface area contributed by atoms with Crippen LogP contribution in [-0.2, 0) is 13.2 Å². The van der Waals surface area contributed by atoms with Gasteiger partial charge in [-0.3, -0.25) is 9.48 Å². The first-order valence-electron chi connectivity index (χ1n) is 8.28. The monoisotopic (exact) mass is 374 g/mol. The average Bonchev–Trinajstić information content (AvgIpc) is 3.16. The molecule has 0 aliphatic heterocycles. The zero-order valence-corrected chi connectivity index (χ0v) is 14.5. The predicted octanol–water partition coefficient (Wildman–Crippen LogP) is 3.02. The highest BCUT2D eigenvalue weighted by Crippen LogP contribution is 2.31. The second kappa shape index (κ2) is 6.66. The summed E-state index contributed by atoms with van der Waals surface area (Å²) >= 11 is 5.95. The number of rotatable bonds is 6. The number of nitrogens with zero attached hydrogens (tertiary/aromatic N) is 4. The number of carbonyl (C=O) groups excluding carboxylic acids is 1. The van der Waals surface area contributed by atoms with E-state index in [0.717, 1.165) is 10.7 Å². The molecular weight excluding hydrogens is 359 g/mol. The molecule has 6 nitrogen and oxygen atoms in total. The number of aromatic nitrogens is 4. The second-order valence-electron chi connectivity index (χ2n) is 6.46. The molecule has 0 radical (unpaired) electrons. The van der Waals surface area contributed by atoms with Gasteiger partial charge in [-0.15, -0.1) is 0 Å². The summed E-state index contributed by atoms with van der Waals surface area (Å²) in [5.74, 6) is -0.107. The Morgan fingerprint density at radius 2 is 2.15 bits per heavy atom. The molecule has 0 atom stereocenters. The summed E-state index contributed by atoms with van der Waals surface area (Å²) in [5.41, 5.74) is 1.79. The number of hydrogen-bond donors (Lipinski definition) is 1. The van der Waals surface area contributed by atoms with E-state index in [4.69, 9.17) is 11.8 Å². The number of aliphatic hydroxyl groups excluding tert-OH is 1. The first-order chi connectivity index (χ1) is 12.5. The van der Waals surface area contributed by atoms with Gasteiger partial charge >= 0.3 is 0 Å². The molecule has 0 bridgehead atoms. The van der Waals surface area contributed by atoms with Crippen LogP contribution in [0.2, 0.25) is 0 Å². The normalized spacial score (nSPS) is 14.0. The van der Waals surface area contributed by atoms with E-state index in [1.165, 1.54) is 43.4 Å². The van der Waals surface area contributed by atoms with Crippen molar-refractivity contribution in [2.45, 2.75) is 26.0 Å². The highest BCUT2D eigenvalue weighted by molar-refractivity contribution is 6.17. The van der Waals surface area contributed by atoms with E-state index in [1.807, 2.05) is 0 Å². The van der Waals surface area contributed by atoms with Crippen LogP contribution in [0.15, 0.2) is 36.8 Å². The molecule has 0 saturated heterocycles. The lowest BCUT2D eigenvalue weighted by atomic mass is 9.98. The summed E-state index contributed by atoms with van der Waals surface area (Å²) < 4.78 is 16.2. The van der Waals surface area contributed by atoms with Crippen molar-refractivity contribution in [1.29, 1.82) is 0 Å². The zero-order chi connectivity index (χ0) is 18.3. The van der Waals surface area contributed by atoms with Crippen LogP contribution in [0.3, 0.4) is 0 Å². The van der Waals surface area contributed by atoms with E-state index in [0.29, 0.717) is 28.3 Å². The lowest BCUT2D eigenvalue weighted by Gasteiger charge is -2.06. The third kappa shape index (κ3) is 3.27. The van der Waals surface area contributed by atoms with Crippen molar-refractivity contribution >= 4 is 17.6 Å². The van der Waals surface area contributed by atoms with Gasteiger partial charge in [0, 0.05) is 30.1 Å². The molecule has 0 unspecified atom stereocenters. The number of halogens is 2. The van der Waals surface area contributed by atoms with Crippen LogP contribution in [0.4, 0.5) is 4.39 Å². The topological polar surface area (TPSA) is 72.9 Å². The molecule has 8 heteroatoms. The second-order valence-corrected chi connectivity index (χ2v) is 6.81. The molecule has 1 fully saturated rings. The Balaban J connectivity index is 1.71. The molecule has 4 rings (SSSR count). The Hall–Kier alpha value is -2.51. The number of hydrogen-bond acceptors (Lipinski definition) is 4. The third-order valence-electron chi connectivity index (χ3n) is 4.46.